The van der Waals surface area contributed by atoms with Gasteiger partial charge in [0.05, 0.1) is 36.2 Å². The number of oxazole rings is 1. The summed E-state index contributed by atoms with van der Waals surface area (Å²) in [5.74, 6) is -1.02. The van der Waals surface area contributed by atoms with E-state index in [1.807, 2.05) is 31.2 Å². The van der Waals surface area contributed by atoms with Gasteiger partial charge in [-0.05, 0) is 43.9 Å². The third-order valence-corrected chi connectivity index (χ3v) is 7.77. The van der Waals surface area contributed by atoms with Gasteiger partial charge in [-0.1, -0.05) is 31.2 Å². The molecular formula is C26H29N3O7S. The Morgan fingerprint density at radius 3 is 2.62 bits per heavy atom. The molecule has 0 radical (unpaired) electrons. The highest BCUT2D eigenvalue weighted by Gasteiger charge is 2.36. The number of hydrogen-bond donors (Lipinski definition) is 2. The van der Waals surface area contributed by atoms with Crippen molar-refractivity contribution in [1.29, 1.82) is 0 Å². The number of aryl methyl sites for hydroxylation is 2. The van der Waals surface area contributed by atoms with Crippen LogP contribution in [0.3, 0.4) is 0 Å². The Hall–Kier alpha value is -3.54. The summed E-state index contributed by atoms with van der Waals surface area (Å²) in [6.07, 6.45) is 2.98. The van der Waals surface area contributed by atoms with Crippen LogP contribution in [0.1, 0.15) is 43.6 Å². The lowest BCUT2D eigenvalue weighted by Crippen LogP contribution is -2.52. The Kier molecular flexibility index (Phi) is 7.49. The number of fused-ring (bicyclic) bond motifs is 1. The van der Waals surface area contributed by atoms with Gasteiger partial charge in [0.1, 0.15) is 22.7 Å². The average Bonchev–Trinajstić information content (AvgIpc) is 3.51. The number of aliphatic hydroxyl groups excluding tert-OH is 1. The van der Waals surface area contributed by atoms with Gasteiger partial charge in [-0.15, -0.1) is 11.3 Å². The molecule has 4 rings (SSSR count). The molecule has 1 atom stereocenters. The Balaban J connectivity index is 2.04. The summed E-state index contributed by atoms with van der Waals surface area (Å²) in [6, 6.07) is 7.65. The van der Waals surface area contributed by atoms with E-state index in [4.69, 9.17) is 9.15 Å². The fourth-order valence-electron chi connectivity index (χ4n) is 4.41. The first-order valence-electron chi connectivity index (χ1n) is 11.9. The van der Waals surface area contributed by atoms with Crippen molar-refractivity contribution < 1.29 is 24.2 Å². The van der Waals surface area contributed by atoms with Crippen molar-refractivity contribution in [3.05, 3.63) is 74.3 Å². The van der Waals surface area contributed by atoms with E-state index in [-0.39, 0.29) is 25.1 Å². The zero-order valence-electron chi connectivity index (χ0n) is 21.1. The number of hydrogen-bond acceptors (Lipinski definition) is 8. The van der Waals surface area contributed by atoms with Crippen LogP contribution < -0.4 is 11.2 Å². The second-order valence-corrected chi connectivity index (χ2v) is 10.1. The molecule has 196 valence electrons. The van der Waals surface area contributed by atoms with Crippen molar-refractivity contribution in [3.8, 4) is 10.8 Å². The lowest BCUT2D eigenvalue weighted by atomic mass is 10.00. The first-order valence-corrected chi connectivity index (χ1v) is 12.7. The molecule has 0 saturated carbocycles. The maximum atomic E-state index is 13.9. The van der Waals surface area contributed by atoms with Crippen LogP contribution in [0.15, 0.2) is 50.7 Å². The summed E-state index contributed by atoms with van der Waals surface area (Å²) < 4.78 is 13.6. The first-order chi connectivity index (χ1) is 17.6. The van der Waals surface area contributed by atoms with E-state index in [9.17, 15) is 24.6 Å². The fraction of sp³-hybridized carbons (Fsp3) is 0.385. The number of aliphatic hydroxyl groups is 1. The summed E-state index contributed by atoms with van der Waals surface area (Å²) in [5, 5.41) is 19.6. The van der Waals surface area contributed by atoms with Crippen LogP contribution in [0.5, 0.6) is 0 Å². The van der Waals surface area contributed by atoms with Crippen molar-refractivity contribution in [3.63, 3.8) is 0 Å². The second kappa shape index (κ2) is 10.4. The molecular weight excluding hydrogens is 498 g/mol. The number of thiophene rings is 1. The third-order valence-electron chi connectivity index (χ3n) is 6.46. The van der Waals surface area contributed by atoms with Gasteiger partial charge >= 0.3 is 11.7 Å². The van der Waals surface area contributed by atoms with E-state index in [1.165, 1.54) is 42.2 Å². The number of carboxylic acids is 1. The molecule has 0 aliphatic carbocycles. The monoisotopic (exact) mass is 527 g/mol. The maximum absolute atomic E-state index is 13.9. The molecule has 0 aliphatic rings. The van der Waals surface area contributed by atoms with E-state index >= 15 is 0 Å². The van der Waals surface area contributed by atoms with E-state index < -0.39 is 28.9 Å². The maximum Gasteiger partial charge on any atom is 0.333 e. The summed E-state index contributed by atoms with van der Waals surface area (Å²) in [5.41, 5.74) is -0.886. The Morgan fingerprint density at radius 2 is 2.00 bits per heavy atom. The highest BCUT2D eigenvalue weighted by atomic mass is 32.1. The van der Waals surface area contributed by atoms with Gasteiger partial charge in [0, 0.05) is 0 Å². The molecule has 0 aliphatic heterocycles. The molecule has 0 fully saturated rings. The van der Waals surface area contributed by atoms with Gasteiger partial charge in [-0.3, -0.25) is 9.36 Å². The van der Waals surface area contributed by atoms with E-state index in [0.717, 1.165) is 22.1 Å². The van der Waals surface area contributed by atoms with Crippen molar-refractivity contribution in [2.45, 2.75) is 52.3 Å². The molecule has 11 heteroatoms. The van der Waals surface area contributed by atoms with Gasteiger partial charge in [-0.2, -0.15) is 0 Å². The van der Waals surface area contributed by atoms with Crippen molar-refractivity contribution in [2.75, 3.05) is 13.2 Å². The summed E-state index contributed by atoms with van der Waals surface area (Å²) in [6.45, 7) is 6.17. The van der Waals surface area contributed by atoms with E-state index in [0.29, 0.717) is 21.2 Å². The Bertz CT molecular complexity index is 1550. The van der Waals surface area contributed by atoms with Crippen LogP contribution >= 0.6 is 11.3 Å². The molecule has 2 N–H and O–H groups in total. The van der Waals surface area contributed by atoms with Crippen LogP contribution in [0, 0.1) is 6.92 Å². The topological polar surface area (TPSA) is 137 Å². The van der Waals surface area contributed by atoms with Crippen molar-refractivity contribution in [2.24, 2.45) is 0 Å². The van der Waals surface area contributed by atoms with Gasteiger partial charge in [0.2, 0.25) is 5.89 Å². The number of aliphatic carboxylic acids is 1. The second-order valence-electron chi connectivity index (χ2n) is 9.11. The zero-order chi connectivity index (χ0) is 26.9. The molecule has 0 unspecified atom stereocenters. The van der Waals surface area contributed by atoms with Crippen molar-refractivity contribution in [1.82, 2.24) is 14.1 Å². The number of carbonyl (C=O) groups is 1. The molecule has 10 nitrogen and oxygen atoms in total. The minimum absolute atomic E-state index is 0.00664. The minimum Gasteiger partial charge on any atom is -0.480 e. The Morgan fingerprint density at radius 1 is 1.27 bits per heavy atom. The number of aromatic nitrogens is 3. The quantitative estimate of drug-likeness (QED) is 0.320. The molecule has 0 bridgehead atoms. The lowest BCUT2D eigenvalue weighted by Gasteiger charge is -2.26. The van der Waals surface area contributed by atoms with Crippen LogP contribution in [0.25, 0.3) is 21.0 Å². The predicted molar refractivity (Wildman–Crippen MR) is 139 cm³/mol. The number of benzene rings is 1. The van der Waals surface area contributed by atoms with Gasteiger partial charge < -0.3 is 19.4 Å². The molecule has 4 aromatic rings. The number of rotatable bonds is 10. The first kappa shape index (κ1) is 26.5. The zero-order valence-corrected chi connectivity index (χ0v) is 21.9. The minimum atomic E-state index is -1.82. The lowest BCUT2D eigenvalue weighted by molar-refractivity contribution is -0.146. The normalized spacial score (nSPS) is 12.8. The average molecular weight is 528 g/mol. The predicted octanol–water partition coefficient (Wildman–Crippen LogP) is 3.32. The standard InChI is InChI=1S/C26H29N3O7S/c1-5-16-8-6-7-9-17(16)18(35-13-11-30)14-28-23-19(15(2)20(37-23)21-27-10-12-36-21)22(31)29(25(28)34)26(3,4)24(32)33/h6-10,12,18,30H,5,11,13-14H2,1-4H3,(H,32,33)/t18-/m0/s1. The molecule has 0 saturated heterocycles. The largest absolute Gasteiger partial charge is 0.480 e. The summed E-state index contributed by atoms with van der Waals surface area (Å²) in [4.78, 5) is 44.8. The number of ether oxygens (including phenoxy) is 1. The SMILES string of the molecule is CCc1ccccc1[C@H](Cn1c(=O)n(C(C)(C)C(=O)O)c(=O)c2c(C)c(-c3ncco3)sc21)OCCO. The van der Waals surface area contributed by atoms with Crippen LogP contribution in [-0.2, 0) is 28.0 Å². The third kappa shape index (κ3) is 4.65. The molecule has 0 amide bonds. The van der Waals surface area contributed by atoms with Gasteiger partial charge in [-0.25, -0.2) is 19.1 Å². The molecule has 37 heavy (non-hydrogen) atoms. The molecule has 3 heterocycles. The summed E-state index contributed by atoms with van der Waals surface area (Å²) >= 11 is 1.18. The Labute approximate surface area is 216 Å². The smallest absolute Gasteiger partial charge is 0.333 e. The highest BCUT2D eigenvalue weighted by molar-refractivity contribution is 7.22. The van der Waals surface area contributed by atoms with Gasteiger partial charge in [0.15, 0.2) is 0 Å². The highest BCUT2D eigenvalue weighted by Crippen LogP contribution is 2.36. The molecule has 3 aromatic heterocycles. The van der Waals surface area contributed by atoms with Crippen molar-refractivity contribution >= 4 is 27.5 Å². The summed E-state index contributed by atoms with van der Waals surface area (Å²) in [7, 11) is 0. The van der Waals surface area contributed by atoms with Crippen LogP contribution in [0.4, 0.5) is 0 Å². The van der Waals surface area contributed by atoms with Gasteiger partial charge in [0.25, 0.3) is 5.56 Å². The van der Waals surface area contributed by atoms with E-state index in [2.05, 4.69) is 4.98 Å². The number of nitrogens with zero attached hydrogens (tertiary/aromatic N) is 3. The van der Waals surface area contributed by atoms with Crippen LogP contribution in [-0.4, -0.2) is 43.5 Å². The fourth-order valence-corrected chi connectivity index (χ4v) is 5.65. The molecule has 1 aromatic carbocycles. The van der Waals surface area contributed by atoms with E-state index in [1.54, 1.807) is 6.92 Å². The van der Waals surface area contributed by atoms with Crippen LogP contribution in [0.2, 0.25) is 0 Å². The molecule has 0 spiro atoms. The number of carboxylic acid groups (broad SMARTS) is 1.